The van der Waals surface area contributed by atoms with Crippen LogP contribution < -0.4 is 10.1 Å². The van der Waals surface area contributed by atoms with Crippen molar-refractivity contribution < 1.29 is 14.1 Å². The first kappa shape index (κ1) is 18.0. The first-order valence-corrected chi connectivity index (χ1v) is 9.27. The number of carbonyl (C=O) groups is 1. The van der Waals surface area contributed by atoms with E-state index in [4.69, 9.17) is 9.26 Å². The topological polar surface area (TPSA) is 80.5 Å². The van der Waals surface area contributed by atoms with E-state index in [9.17, 15) is 4.79 Å². The fourth-order valence-electron chi connectivity index (χ4n) is 3.39. The van der Waals surface area contributed by atoms with E-state index in [0.29, 0.717) is 18.3 Å². The zero-order valence-corrected chi connectivity index (χ0v) is 15.9. The molecule has 0 unspecified atom stereocenters. The van der Waals surface area contributed by atoms with Crippen LogP contribution in [0.4, 0.5) is 10.5 Å². The van der Waals surface area contributed by atoms with E-state index in [1.807, 2.05) is 55.5 Å². The molecular formula is C21H22N4O3. The summed E-state index contributed by atoms with van der Waals surface area (Å²) in [4.78, 5) is 19.1. The number of benzene rings is 2. The van der Waals surface area contributed by atoms with Gasteiger partial charge in [-0.15, -0.1) is 0 Å². The van der Waals surface area contributed by atoms with Gasteiger partial charge >= 0.3 is 6.03 Å². The van der Waals surface area contributed by atoms with E-state index in [1.54, 1.807) is 12.0 Å². The van der Waals surface area contributed by atoms with Crippen LogP contribution in [0.2, 0.25) is 0 Å². The van der Waals surface area contributed by atoms with Crippen LogP contribution in [0.5, 0.6) is 5.75 Å². The van der Waals surface area contributed by atoms with Gasteiger partial charge in [0, 0.05) is 17.8 Å². The number of nitrogens with zero attached hydrogens (tertiary/aromatic N) is 3. The van der Waals surface area contributed by atoms with Gasteiger partial charge < -0.3 is 19.5 Å². The normalized spacial score (nSPS) is 16.2. The maximum absolute atomic E-state index is 12.8. The molecule has 2 heterocycles. The standard InChI is InChI=1S/C21H22N4O3/c1-14-6-3-4-7-17(14)22-21(26)25-13-5-8-18(25)20-23-19(24-28-20)15-9-11-16(27-2)12-10-15/h3-4,6-7,9-12,18H,5,8,13H2,1-2H3,(H,22,26)/t18-/m1/s1. The molecule has 0 spiro atoms. The second-order valence-electron chi connectivity index (χ2n) is 6.78. The summed E-state index contributed by atoms with van der Waals surface area (Å²) in [6, 6.07) is 14.8. The summed E-state index contributed by atoms with van der Waals surface area (Å²) in [5.74, 6) is 1.73. The molecule has 2 amide bonds. The number of carbonyl (C=O) groups excluding carboxylic acids is 1. The molecule has 1 aliphatic rings. The summed E-state index contributed by atoms with van der Waals surface area (Å²) in [6.45, 7) is 2.62. The van der Waals surface area contributed by atoms with Gasteiger partial charge in [0.25, 0.3) is 0 Å². The Morgan fingerprint density at radius 1 is 1.21 bits per heavy atom. The van der Waals surface area contributed by atoms with Crippen LogP contribution in [0.15, 0.2) is 53.1 Å². The van der Waals surface area contributed by atoms with Gasteiger partial charge in [0.05, 0.1) is 7.11 Å². The minimum absolute atomic E-state index is 0.152. The van der Waals surface area contributed by atoms with E-state index in [2.05, 4.69) is 15.5 Å². The highest BCUT2D eigenvalue weighted by Gasteiger charge is 2.34. The van der Waals surface area contributed by atoms with Crippen molar-refractivity contribution in [2.75, 3.05) is 19.0 Å². The second kappa shape index (κ2) is 7.72. The molecule has 0 radical (unpaired) electrons. The number of amides is 2. The third-order valence-electron chi connectivity index (χ3n) is 4.98. The molecule has 4 rings (SSSR count). The smallest absolute Gasteiger partial charge is 0.322 e. The minimum atomic E-state index is -0.219. The highest BCUT2D eigenvalue weighted by Crippen LogP contribution is 2.33. The average Bonchev–Trinajstić information content (AvgIpc) is 3.39. The first-order valence-electron chi connectivity index (χ1n) is 9.27. The van der Waals surface area contributed by atoms with Crippen LogP contribution in [-0.2, 0) is 0 Å². The Bertz CT molecular complexity index is 968. The summed E-state index contributed by atoms with van der Waals surface area (Å²) in [6.07, 6.45) is 1.69. The van der Waals surface area contributed by atoms with Gasteiger partial charge in [-0.1, -0.05) is 23.4 Å². The molecule has 0 bridgehead atoms. The van der Waals surface area contributed by atoms with E-state index in [-0.39, 0.29) is 12.1 Å². The number of aryl methyl sites for hydroxylation is 1. The number of methoxy groups -OCH3 is 1. The Kier molecular flexibility index (Phi) is 4.97. The lowest BCUT2D eigenvalue weighted by molar-refractivity contribution is 0.193. The van der Waals surface area contributed by atoms with Crippen molar-refractivity contribution in [1.82, 2.24) is 15.0 Å². The van der Waals surface area contributed by atoms with Crippen molar-refractivity contribution >= 4 is 11.7 Å². The van der Waals surface area contributed by atoms with Crippen molar-refractivity contribution in [2.45, 2.75) is 25.8 Å². The average molecular weight is 378 g/mol. The van der Waals surface area contributed by atoms with E-state index >= 15 is 0 Å². The lowest BCUT2D eigenvalue weighted by atomic mass is 10.2. The van der Waals surface area contributed by atoms with Crippen LogP contribution in [0.1, 0.15) is 30.3 Å². The molecule has 28 heavy (non-hydrogen) atoms. The van der Waals surface area contributed by atoms with Gasteiger partial charge in [0.1, 0.15) is 11.8 Å². The van der Waals surface area contributed by atoms with Crippen LogP contribution >= 0.6 is 0 Å². The molecule has 0 saturated carbocycles. The molecule has 1 N–H and O–H groups in total. The number of para-hydroxylation sites is 1. The number of aromatic nitrogens is 2. The maximum atomic E-state index is 12.8. The molecule has 1 atom stereocenters. The fourth-order valence-corrected chi connectivity index (χ4v) is 3.39. The Balaban J connectivity index is 1.51. The number of rotatable bonds is 4. The number of hydrogen-bond acceptors (Lipinski definition) is 5. The Morgan fingerprint density at radius 2 is 2.00 bits per heavy atom. The molecule has 0 aliphatic carbocycles. The third-order valence-corrected chi connectivity index (χ3v) is 4.98. The largest absolute Gasteiger partial charge is 0.497 e. The molecule has 7 nitrogen and oxygen atoms in total. The predicted octanol–water partition coefficient (Wildman–Crippen LogP) is 4.42. The summed E-state index contributed by atoms with van der Waals surface area (Å²) >= 11 is 0. The van der Waals surface area contributed by atoms with Crippen LogP contribution in [0.25, 0.3) is 11.4 Å². The van der Waals surface area contributed by atoms with Crippen LogP contribution in [0, 0.1) is 6.92 Å². The Morgan fingerprint density at radius 3 is 2.75 bits per heavy atom. The number of hydrogen-bond donors (Lipinski definition) is 1. The van der Waals surface area contributed by atoms with Gasteiger partial charge in [-0.3, -0.25) is 0 Å². The number of nitrogens with one attached hydrogen (secondary N) is 1. The molecule has 2 aromatic carbocycles. The van der Waals surface area contributed by atoms with E-state index in [0.717, 1.165) is 35.4 Å². The lowest BCUT2D eigenvalue weighted by Crippen LogP contribution is -2.34. The van der Waals surface area contributed by atoms with Crippen LogP contribution in [0.3, 0.4) is 0 Å². The van der Waals surface area contributed by atoms with Crippen molar-refractivity contribution in [3.63, 3.8) is 0 Å². The van der Waals surface area contributed by atoms with Gasteiger partial charge in [0.15, 0.2) is 0 Å². The monoisotopic (exact) mass is 378 g/mol. The zero-order valence-electron chi connectivity index (χ0n) is 15.9. The molecule has 144 valence electrons. The minimum Gasteiger partial charge on any atom is -0.497 e. The van der Waals surface area contributed by atoms with Gasteiger partial charge in [0.2, 0.25) is 11.7 Å². The number of likely N-dealkylation sites (tertiary alicyclic amines) is 1. The molecule has 1 aliphatic heterocycles. The van der Waals surface area contributed by atoms with Crippen LogP contribution in [-0.4, -0.2) is 34.7 Å². The highest BCUT2D eigenvalue weighted by atomic mass is 16.5. The van der Waals surface area contributed by atoms with E-state index < -0.39 is 0 Å². The van der Waals surface area contributed by atoms with E-state index in [1.165, 1.54) is 0 Å². The molecule has 7 heteroatoms. The molecule has 3 aromatic rings. The third kappa shape index (κ3) is 3.55. The zero-order chi connectivity index (χ0) is 19.5. The Labute approximate surface area is 163 Å². The fraction of sp³-hybridized carbons (Fsp3) is 0.286. The summed E-state index contributed by atoms with van der Waals surface area (Å²) in [7, 11) is 1.62. The van der Waals surface area contributed by atoms with Gasteiger partial charge in [-0.25, -0.2) is 4.79 Å². The summed E-state index contributed by atoms with van der Waals surface area (Å²) < 4.78 is 10.7. The van der Waals surface area contributed by atoms with Crippen molar-refractivity contribution in [3.05, 3.63) is 60.0 Å². The highest BCUT2D eigenvalue weighted by molar-refractivity contribution is 5.90. The van der Waals surface area contributed by atoms with Crippen molar-refractivity contribution in [2.24, 2.45) is 0 Å². The van der Waals surface area contributed by atoms with Crippen molar-refractivity contribution in [1.29, 1.82) is 0 Å². The van der Waals surface area contributed by atoms with Gasteiger partial charge in [-0.05, 0) is 55.7 Å². The van der Waals surface area contributed by atoms with Gasteiger partial charge in [-0.2, -0.15) is 4.98 Å². The predicted molar refractivity (Wildman–Crippen MR) is 105 cm³/mol. The Hall–Kier alpha value is -3.35. The SMILES string of the molecule is COc1ccc(-c2noc([C@H]3CCCN3C(=O)Nc3ccccc3C)n2)cc1. The van der Waals surface area contributed by atoms with Crippen molar-refractivity contribution in [3.8, 4) is 17.1 Å². The maximum Gasteiger partial charge on any atom is 0.322 e. The molecular weight excluding hydrogens is 356 g/mol. The quantitative estimate of drug-likeness (QED) is 0.727. The second-order valence-corrected chi connectivity index (χ2v) is 6.78. The molecule has 1 aromatic heterocycles. The summed E-state index contributed by atoms with van der Waals surface area (Å²) in [5, 5.41) is 7.08. The number of anilines is 1. The number of ether oxygens (including phenoxy) is 1. The lowest BCUT2D eigenvalue weighted by Gasteiger charge is -2.22. The molecule has 1 saturated heterocycles. The molecule has 1 fully saturated rings. The first-order chi connectivity index (χ1) is 13.7. The number of urea groups is 1. The summed E-state index contributed by atoms with van der Waals surface area (Å²) in [5.41, 5.74) is 2.67.